The molecule has 0 saturated carbocycles. The van der Waals surface area contributed by atoms with Crippen LogP contribution in [0.5, 0.6) is 5.88 Å². The maximum Gasteiger partial charge on any atom is 0.229 e. The van der Waals surface area contributed by atoms with E-state index in [1.165, 1.54) is 19.2 Å². The number of pyridine rings is 1. The Bertz CT molecular complexity index is 1440. The third kappa shape index (κ3) is 4.99. The van der Waals surface area contributed by atoms with Gasteiger partial charge in [0.05, 0.1) is 41.0 Å². The van der Waals surface area contributed by atoms with Crippen molar-refractivity contribution in [3.05, 3.63) is 70.8 Å². The summed E-state index contributed by atoms with van der Waals surface area (Å²) in [5, 5.41) is 2.77. The number of carbonyl (C=O) groups excluding carboxylic acids is 2. The van der Waals surface area contributed by atoms with Crippen LogP contribution in [-0.4, -0.2) is 47.9 Å². The van der Waals surface area contributed by atoms with Gasteiger partial charge in [0.25, 0.3) is 0 Å². The Morgan fingerprint density at radius 3 is 2.50 bits per heavy atom. The number of ketones is 1. The lowest BCUT2D eigenvalue weighted by molar-refractivity contribution is -0.115. The molecule has 0 aliphatic heterocycles. The second kappa shape index (κ2) is 9.77. The Morgan fingerprint density at radius 2 is 1.83 bits per heavy atom. The number of methoxy groups -OCH3 is 1. The molecule has 10 heteroatoms. The molecule has 1 amide bonds. The molecule has 0 saturated heterocycles. The van der Waals surface area contributed by atoms with Gasteiger partial charge in [0.1, 0.15) is 11.6 Å². The van der Waals surface area contributed by atoms with Crippen LogP contribution in [-0.2, 0) is 32.9 Å². The molecule has 1 atom stereocenters. The van der Waals surface area contributed by atoms with Gasteiger partial charge < -0.3 is 10.1 Å². The number of rotatable bonds is 7. The first-order valence-corrected chi connectivity index (χ1v) is 13.3. The van der Waals surface area contributed by atoms with Crippen molar-refractivity contribution < 1.29 is 22.7 Å². The van der Waals surface area contributed by atoms with Gasteiger partial charge in [-0.1, -0.05) is 19.1 Å². The Kier molecular flexibility index (Phi) is 6.90. The van der Waals surface area contributed by atoms with Gasteiger partial charge in [-0.25, -0.2) is 18.4 Å². The number of aromatic nitrogens is 3. The van der Waals surface area contributed by atoms with Gasteiger partial charge in [-0.05, 0) is 56.5 Å². The summed E-state index contributed by atoms with van der Waals surface area (Å²) in [6.07, 6.45) is 1.12. The average molecular weight is 509 g/mol. The average Bonchev–Trinajstić information content (AvgIpc) is 2.86. The number of carbonyl (C=O) groups is 2. The topological polar surface area (TPSA) is 128 Å². The summed E-state index contributed by atoms with van der Waals surface area (Å²) in [4.78, 5) is 39.5. The van der Waals surface area contributed by atoms with Crippen molar-refractivity contribution in [3.63, 3.8) is 0 Å². The van der Waals surface area contributed by atoms with Crippen molar-refractivity contribution in [2.75, 3.05) is 18.2 Å². The molecule has 1 aliphatic carbocycles. The highest BCUT2D eigenvalue weighted by Crippen LogP contribution is 2.38. The van der Waals surface area contributed by atoms with Crippen molar-refractivity contribution >= 4 is 27.3 Å². The largest absolute Gasteiger partial charge is 0.481 e. The maximum atomic E-state index is 13.5. The highest BCUT2D eigenvalue weighted by atomic mass is 32.2. The number of aryl methyl sites for hydroxylation is 2. The van der Waals surface area contributed by atoms with Crippen molar-refractivity contribution in [3.8, 4) is 5.88 Å². The Labute approximate surface area is 210 Å². The predicted octanol–water partition coefficient (Wildman–Crippen LogP) is 3.25. The lowest BCUT2D eigenvalue weighted by Gasteiger charge is -2.32. The number of nitrogens with one attached hydrogen (secondary N) is 1. The second-order valence-corrected chi connectivity index (χ2v) is 11.2. The van der Waals surface area contributed by atoms with E-state index < -0.39 is 15.3 Å². The summed E-state index contributed by atoms with van der Waals surface area (Å²) >= 11 is 0. The van der Waals surface area contributed by atoms with Crippen LogP contribution in [0.2, 0.25) is 0 Å². The summed E-state index contributed by atoms with van der Waals surface area (Å²) in [6, 6.07) is 11.3. The molecule has 9 nitrogen and oxygen atoms in total. The van der Waals surface area contributed by atoms with E-state index >= 15 is 0 Å². The lowest BCUT2D eigenvalue weighted by atomic mass is 9.71. The van der Waals surface area contributed by atoms with Crippen LogP contribution < -0.4 is 10.1 Å². The number of nitrogens with zero attached hydrogens (tertiary/aromatic N) is 3. The number of benzene rings is 1. The second-order valence-electron chi connectivity index (χ2n) is 8.97. The summed E-state index contributed by atoms with van der Waals surface area (Å²) < 4.78 is 29.2. The number of sulfone groups is 1. The van der Waals surface area contributed by atoms with Crippen LogP contribution in [0.1, 0.15) is 53.4 Å². The van der Waals surface area contributed by atoms with Gasteiger partial charge in [-0.3, -0.25) is 9.59 Å². The first-order chi connectivity index (χ1) is 17.1. The van der Waals surface area contributed by atoms with E-state index in [9.17, 15) is 18.0 Å². The van der Waals surface area contributed by atoms with Crippen LogP contribution in [0.4, 0.5) is 5.82 Å². The van der Waals surface area contributed by atoms with Crippen LogP contribution in [0.15, 0.2) is 47.4 Å². The quantitative estimate of drug-likeness (QED) is 0.515. The maximum absolute atomic E-state index is 13.5. The number of hydrogen-bond donors (Lipinski definition) is 1. The number of fused-ring (bicyclic) bond motifs is 1. The molecular formula is C26H28N4O5S. The first-order valence-electron chi connectivity index (χ1n) is 11.6. The zero-order valence-corrected chi connectivity index (χ0v) is 21.5. The number of Topliss-reactive ketones (excluding diaryl/α,β-unsaturated/α-hetero) is 1. The van der Waals surface area contributed by atoms with Crippen molar-refractivity contribution in [2.45, 2.75) is 50.3 Å². The molecule has 0 fully saturated rings. The van der Waals surface area contributed by atoms with Crippen LogP contribution in [0.25, 0.3) is 0 Å². The summed E-state index contributed by atoms with van der Waals surface area (Å²) in [5.41, 5.74) is 1.59. The molecule has 0 unspecified atom stereocenters. The van der Waals surface area contributed by atoms with Gasteiger partial charge in [0.15, 0.2) is 15.6 Å². The highest BCUT2D eigenvalue weighted by molar-refractivity contribution is 7.91. The number of ether oxygens (including phenoxy) is 1. The van der Waals surface area contributed by atoms with E-state index in [2.05, 4.69) is 20.3 Å². The summed E-state index contributed by atoms with van der Waals surface area (Å²) in [5.74, 6) is 0.947. The van der Waals surface area contributed by atoms with Gasteiger partial charge in [-0.15, -0.1) is 0 Å². The Balaban J connectivity index is 1.48. The first kappa shape index (κ1) is 25.4. The van der Waals surface area contributed by atoms with E-state index in [-0.39, 0.29) is 28.8 Å². The van der Waals surface area contributed by atoms with Crippen molar-refractivity contribution in [1.82, 2.24) is 15.0 Å². The fraction of sp³-hybridized carbons (Fsp3) is 0.346. The molecule has 36 heavy (non-hydrogen) atoms. The minimum absolute atomic E-state index is 0.0192. The number of anilines is 1. The van der Waals surface area contributed by atoms with Gasteiger partial charge >= 0.3 is 0 Å². The molecule has 2 heterocycles. The highest BCUT2D eigenvalue weighted by Gasteiger charge is 2.42. The third-order valence-electron chi connectivity index (χ3n) is 6.47. The number of amides is 1. The molecule has 0 bridgehead atoms. The molecule has 1 aromatic carbocycles. The molecule has 188 valence electrons. The lowest BCUT2D eigenvalue weighted by Crippen LogP contribution is -2.39. The SMILES string of the molecule is CCS(=O)(=O)c1ccc(CC(=O)Nc2ccc3c(n2)CC[C@@](C)(c2cc(OC)nc(C)n2)C3=O)cc1. The number of hydrogen-bond acceptors (Lipinski definition) is 8. The molecule has 2 aromatic heterocycles. The summed E-state index contributed by atoms with van der Waals surface area (Å²) in [7, 11) is -1.76. The molecular weight excluding hydrogens is 480 g/mol. The smallest absolute Gasteiger partial charge is 0.229 e. The summed E-state index contributed by atoms with van der Waals surface area (Å²) in [6.45, 7) is 5.21. The van der Waals surface area contributed by atoms with E-state index in [0.29, 0.717) is 52.9 Å². The minimum Gasteiger partial charge on any atom is -0.481 e. The fourth-order valence-electron chi connectivity index (χ4n) is 4.27. The molecule has 3 aromatic rings. The normalized spacial score (nSPS) is 17.4. The van der Waals surface area contributed by atoms with E-state index in [0.717, 1.165) is 0 Å². The molecule has 0 spiro atoms. The van der Waals surface area contributed by atoms with E-state index in [1.807, 2.05) is 6.92 Å². The predicted molar refractivity (Wildman–Crippen MR) is 134 cm³/mol. The minimum atomic E-state index is -3.29. The Hall–Kier alpha value is -3.66. The van der Waals surface area contributed by atoms with Gasteiger partial charge in [0, 0.05) is 11.6 Å². The van der Waals surface area contributed by atoms with Gasteiger partial charge in [-0.2, -0.15) is 4.98 Å². The zero-order valence-electron chi connectivity index (χ0n) is 20.7. The van der Waals surface area contributed by atoms with Crippen LogP contribution >= 0.6 is 0 Å². The standard InChI is InChI=1S/C26H28N4O5S/c1-5-36(33,34)18-8-6-17(7-9-18)14-23(31)30-22-11-10-19-20(29-22)12-13-26(3,25(19)32)21-15-24(35-4)28-16(2)27-21/h6-11,15H,5,12-14H2,1-4H3,(H,29,30,31)/t26-/m0/s1. The zero-order chi connectivity index (χ0) is 26.1. The molecule has 1 aliphatic rings. The molecule has 4 rings (SSSR count). The third-order valence-corrected chi connectivity index (χ3v) is 8.22. The van der Waals surface area contributed by atoms with E-state index in [4.69, 9.17) is 4.74 Å². The van der Waals surface area contributed by atoms with Crippen LogP contribution in [0, 0.1) is 6.92 Å². The van der Waals surface area contributed by atoms with Crippen LogP contribution in [0.3, 0.4) is 0 Å². The molecule has 0 radical (unpaired) electrons. The van der Waals surface area contributed by atoms with E-state index in [1.54, 1.807) is 44.2 Å². The molecule has 1 N–H and O–H groups in total. The van der Waals surface area contributed by atoms with Crippen molar-refractivity contribution in [2.24, 2.45) is 0 Å². The monoisotopic (exact) mass is 508 g/mol. The van der Waals surface area contributed by atoms with Gasteiger partial charge in [0.2, 0.25) is 11.8 Å². The fourth-order valence-corrected chi connectivity index (χ4v) is 5.16. The Morgan fingerprint density at radius 1 is 1.11 bits per heavy atom. The van der Waals surface area contributed by atoms with Crippen molar-refractivity contribution in [1.29, 1.82) is 0 Å².